The Bertz CT molecular complexity index is 298. The molecule has 2 aliphatic heterocycles. The van der Waals surface area contributed by atoms with Gasteiger partial charge in [0.1, 0.15) is 5.60 Å². The summed E-state index contributed by atoms with van der Waals surface area (Å²) in [5.74, 6) is 0.772. The molecular weight excluding hydrogens is 240 g/mol. The zero-order valence-corrected chi connectivity index (χ0v) is 12.6. The highest BCUT2D eigenvalue weighted by atomic mass is 16.6. The lowest BCUT2D eigenvalue weighted by molar-refractivity contribution is 0.0178. The van der Waals surface area contributed by atoms with Crippen LogP contribution in [0.2, 0.25) is 0 Å². The number of likely N-dealkylation sites (tertiary alicyclic amines) is 1. The Kier molecular flexibility index (Phi) is 4.71. The van der Waals surface area contributed by atoms with E-state index < -0.39 is 0 Å². The number of carbonyl (C=O) groups is 1. The van der Waals surface area contributed by atoms with E-state index in [-0.39, 0.29) is 11.7 Å². The molecule has 4 nitrogen and oxygen atoms in total. The minimum absolute atomic E-state index is 0.148. The van der Waals surface area contributed by atoms with Crippen molar-refractivity contribution in [3.8, 4) is 0 Å². The Morgan fingerprint density at radius 3 is 2.47 bits per heavy atom. The smallest absolute Gasteiger partial charge is 0.410 e. The summed E-state index contributed by atoms with van der Waals surface area (Å²) in [5, 5.41) is 3.56. The van der Waals surface area contributed by atoms with Crippen LogP contribution in [0.1, 0.15) is 52.9 Å². The molecule has 110 valence electrons. The van der Waals surface area contributed by atoms with Gasteiger partial charge in [-0.2, -0.15) is 0 Å². The molecular formula is C15H28N2O2. The normalized spacial score (nSPS) is 25.6. The van der Waals surface area contributed by atoms with Gasteiger partial charge in [0, 0.05) is 19.1 Å². The number of hydrogen-bond acceptors (Lipinski definition) is 3. The second-order valence-electron chi connectivity index (χ2n) is 6.94. The molecule has 0 aromatic rings. The monoisotopic (exact) mass is 268 g/mol. The van der Waals surface area contributed by atoms with E-state index in [0.717, 1.165) is 37.9 Å². The summed E-state index contributed by atoms with van der Waals surface area (Å²) in [5.41, 5.74) is -0.387. The van der Waals surface area contributed by atoms with Gasteiger partial charge in [0.15, 0.2) is 0 Å². The number of hydrogen-bond donors (Lipinski definition) is 1. The standard InChI is InChI=1S/C15H28N2O2/c1-15(2,3)19-14(18)17-9-6-12(7-10-17)11-13-5-4-8-16-13/h12-13,16H,4-11H2,1-3H3. The van der Waals surface area contributed by atoms with Crippen LogP contribution in [0.5, 0.6) is 0 Å². The molecule has 2 saturated heterocycles. The van der Waals surface area contributed by atoms with Gasteiger partial charge in [-0.3, -0.25) is 0 Å². The van der Waals surface area contributed by atoms with Crippen molar-refractivity contribution in [2.45, 2.75) is 64.5 Å². The predicted molar refractivity (Wildman–Crippen MR) is 76.2 cm³/mol. The maximum Gasteiger partial charge on any atom is 0.410 e. The molecule has 19 heavy (non-hydrogen) atoms. The average Bonchev–Trinajstić information content (AvgIpc) is 2.80. The summed E-state index contributed by atoms with van der Waals surface area (Å²) >= 11 is 0. The third-order valence-electron chi connectivity index (χ3n) is 4.05. The molecule has 1 unspecified atom stereocenters. The second-order valence-corrected chi connectivity index (χ2v) is 6.94. The number of ether oxygens (including phenoxy) is 1. The van der Waals surface area contributed by atoms with E-state index in [1.54, 1.807) is 0 Å². The zero-order chi connectivity index (χ0) is 13.9. The first-order valence-corrected chi connectivity index (χ1v) is 7.65. The first-order valence-electron chi connectivity index (χ1n) is 7.65. The minimum Gasteiger partial charge on any atom is -0.444 e. The fourth-order valence-corrected chi connectivity index (χ4v) is 3.04. The molecule has 1 N–H and O–H groups in total. The molecule has 4 heteroatoms. The Morgan fingerprint density at radius 2 is 1.95 bits per heavy atom. The van der Waals surface area contributed by atoms with Gasteiger partial charge in [-0.25, -0.2) is 4.79 Å². The largest absolute Gasteiger partial charge is 0.444 e. The van der Waals surface area contributed by atoms with Crippen LogP contribution in [-0.2, 0) is 4.74 Å². The molecule has 0 aliphatic carbocycles. The van der Waals surface area contributed by atoms with Gasteiger partial charge in [-0.05, 0) is 65.3 Å². The Hall–Kier alpha value is -0.770. The highest BCUT2D eigenvalue weighted by Crippen LogP contribution is 2.25. The van der Waals surface area contributed by atoms with Crippen LogP contribution in [0, 0.1) is 5.92 Å². The molecule has 2 heterocycles. The highest BCUT2D eigenvalue weighted by Gasteiger charge is 2.28. The van der Waals surface area contributed by atoms with E-state index in [1.807, 2.05) is 25.7 Å². The molecule has 0 bridgehead atoms. The lowest BCUT2D eigenvalue weighted by atomic mass is 9.90. The van der Waals surface area contributed by atoms with Gasteiger partial charge in [0.2, 0.25) is 0 Å². The summed E-state index contributed by atoms with van der Waals surface area (Å²) in [6.07, 6.45) is 6.02. The van der Waals surface area contributed by atoms with Crippen molar-refractivity contribution in [1.82, 2.24) is 10.2 Å². The van der Waals surface area contributed by atoms with Gasteiger partial charge in [0.05, 0.1) is 0 Å². The number of amides is 1. The SMILES string of the molecule is CC(C)(C)OC(=O)N1CCC(CC2CCCN2)CC1. The van der Waals surface area contributed by atoms with Crippen LogP contribution in [-0.4, -0.2) is 42.3 Å². The predicted octanol–water partition coefficient (Wildman–Crippen LogP) is 2.78. The third-order valence-corrected chi connectivity index (χ3v) is 4.05. The molecule has 2 fully saturated rings. The Morgan fingerprint density at radius 1 is 1.26 bits per heavy atom. The molecule has 0 saturated carbocycles. The van der Waals surface area contributed by atoms with E-state index in [1.165, 1.54) is 25.8 Å². The fourth-order valence-electron chi connectivity index (χ4n) is 3.04. The number of rotatable bonds is 2. The van der Waals surface area contributed by atoms with Gasteiger partial charge in [-0.1, -0.05) is 0 Å². The maximum atomic E-state index is 12.0. The number of piperidine rings is 1. The lowest BCUT2D eigenvalue weighted by Crippen LogP contribution is -2.42. The lowest BCUT2D eigenvalue weighted by Gasteiger charge is -2.34. The van der Waals surface area contributed by atoms with Crippen molar-refractivity contribution in [2.24, 2.45) is 5.92 Å². The molecule has 0 aromatic heterocycles. The van der Waals surface area contributed by atoms with Gasteiger partial charge >= 0.3 is 6.09 Å². The van der Waals surface area contributed by atoms with Crippen LogP contribution >= 0.6 is 0 Å². The molecule has 0 spiro atoms. The zero-order valence-electron chi connectivity index (χ0n) is 12.6. The first kappa shape index (κ1) is 14.6. The molecule has 1 atom stereocenters. The van der Waals surface area contributed by atoms with Crippen molar-refractivity contribution in [2.75, 3.05) is 19.6 Å². The quantitative estimate of drug-likeness (QED) is 0.837. The number of carbonyl (C=O) groups excluding carboxylic acids is 1. The maximum absolute atomic E-state index is 12.0. The van der Waals surface area contributed by atoms with Crippen molar-refractivity contribution in [3.05, 3.63) is 0 Å². The number of nitrogens with one attached hydrogen (secondary N) is 1. The first-order chi connectivity index (χ1) is 8.94. The van der Waals surface area contributed by atoms with Crippen LogP contribution in [0.3, 0.4) is 0 Å². The van der Waals surface area contributed by atoms with E-state index in [9.17, 15) is 4.79 Å². The molecule has 2 rings (SSSR count). The minimum atomic E-state index is -0.387. The second kappa shape index (κ2) is 6.12. The van der Waals surface area contributed by atoms with Gasteiger partial charge in [0.25, 0.3) is 0 Å². The summed E-state index contributed by atoms with van der Waals surface area (Å²) in [6, 6.07) is 0.720. The number of nitrogens with zero attached hydrogens (tertiary/aromatic N) is 1. The van der Waals surface area contributed by atoms with Gasteiger partial charge < -0.3 is 15.0 Å². The Balaban J connectivity index is 1.71. The van der Waals surface area contributed by atoms with E-state index in [0.29, 0.717) is 0 Å². The summed E-state index contributed by atoms with van der Waals surface area (Å²) in [4.78, 5) is 13.8. The summed E-state index contributed by atoms with van der Waals surface area (Å²) in [7, 11) is 0. The van der Waals surface area contributed by atoms with Crippen molar-refractivity contribution >= 4 is 6.09 Å². The van der Waals surface area contributed by atoms with Crippen LogP contribution < -0.4 is 5.32 Å². The summed E-state index contributed by atoms with van der Waals surface area (Å²) < 4.78 is 5.42. The van der Waals surface area contributed by atoms with Crippen molar-refractivity contribution in [3.63, 3.8) is 0 Å². The molecule has 0 aromatic carbocycles. The van der Waals surface area contributed by atoms with E-state index in [4.69, 9.17) is 4.74 Å². The Labute approximate surface area is 116 Å². The molecule has 0 radical (unpaired) electrons. The van der Waals surface area contributed by atoms with E-state index >= 15 is 0 Å². The van der Waals surface area contributed by atoms with Crippen LogP contribution in [0.15, 0.2) is 0 Å². The summed E-state index contributed by atoms with van der Waals surface area (Å²) in [6.45, 7) is 8.65. The highest BCUT2D eigenvalue weighted by molar-refractivity contribution is 5.68. The third kappa shape index (κ3) is 4.68. The van der Waals surface area contributed by atoms with Gasteiger partial charge in [-0.15, -0.1) is 0 Å². The topological polar surface area (TPSA) is 41.6 Å². The fraction of sp³-hybridized carbons (Fsp3) is 0.933. The molecule has 1 amide bonds. The van der Waals surface area contributed by atoms with Crippen molar-refractivity contribution < 1.29 is 9.53 Å². The average molecular weight is 268 g/mol. The van der Waals surface area contributed by atoms with Crippen LogP contribution in [0.4, 0.5) is 4.79 Å². The van der Waals surface area contributed by atoms with Crippen LogP contribution in [0.25, 0.3) is 0 Å². The van der Waals surface area contributed by atoms with E-state index in [2.05, 4.69) is 5.32 Å². The molecule has 2 aliphatic rings. The van der Waals surface area contributed by atoms with Crippen molar-refractivity contribution in [1.29, 1.82) is 0 Å².